The monoisotopic (exact) mass is 996 g/mol. The number of anilines is 2. The largest absolute Gasteiger partial charge is 0.430 e. The molecular formula is C40H27Cl3F12N2O8. The first kappa shape index (κ1) is 53.8. The average molecular weight is 998 g/mol. The van der Waals surface area contributed by atoms with Crippen LogP contribution >= 0.6 is 34.8 Å². The summed E-state index contributed by atoms with van der Waals surface area (Å²) in [6.07, 6.45) is -26.7. The molecule has 1 amide bonds. The van der Waals surface area contributed by atoms with Crippen molar-refractivity contribution in [2.45, 2.75) is 56.2 Å². The summed E-state index contributed by atoms with van der Waals surface area (Å²) in [5.74, 6) is -2.79. The molecule has 0 spiro atoms. The number of carbonyl (C=O) groups is 6. The Hall–Kier alpha value is -5.55. The summed E-state index contributed by atoms with van der Waals surface area (Å²) < 4.78 is 166. The van der Waals surface area contributed by atoms with Crippen molar-refractivity contribution in [2.24, 2.45) is 0 Å². The lowest BCUT2D eigenvalue weighted by Gasteiger charge is -2.34. The molecule has 0 aliphatic heterocycles. The van der Waals surface area contributed by atoms with Gasteiger partial charge in [-0.1, -0.05) is 12.1 Å². The summed E-state index contributed by atoms with van der Waals surface area (Å²) in [6.45, 7) is 2.07. The van der Waals surface area contributed by atoms with Gasteiger partial charge in [0, 0.05) is 62.9 Å². The molecule has 4 aromatic rings. The minimum Gasteiger partial charge on any atom is -0.388 e. The van der Waals surface area contributed by atoms with Gasteiger partial charge in [-0.25, -0.2) is 0 Å². The van der Waals surface area contributed by atoms with Crippen LogP contribution in [0.5, 0.6) is 0 Å². The van der Waals surface area contributed by atoms with Gasteiger partial charge in [-0.15, -0.1) is 0 Å². The second kappa shape index (κ2) is 19.5. The van der Waals surface area contributed by atoms with Crippen LogP contribution < -0.4 is 10.6 Å². The summed E-state index contributed by atoms with van der Waals surface area (Å²) in [4.78, 5) is 69.4. The number of hydrogen-bond acceptors (Lipinski definition) is 9. The molecule has 4 N–H and O–H groups in total. The van der Waals surface area contributed by atoms with E-state index in [1.165, 1.54) is 18.2 Å². The molecule has 25 heteroatoms. The molecule has 10 nitrogen and oxygen atoms in total. The third kappa shape index (κ3) is 11.6. The van der Waals surface area contributed by atoms with E-state index >= 15 is 0 Å². The van der Waals surface area contributed by atoms with Gasteiger partial charge in [-0.05, 0) is 127 Å². The number of Topliss-reactive ketones (excluding diaryl/α,β-unsaturated/α-hetero) is 2. The number of alkyl halides is 12. The van der Waals surface area contributed by atoms with Gasteiger partial charge in [0.2, 0.25) is 0 Å². The van der Waals surface area contributed by atoms with Crippen molar-refractivity contribution in [3.63, 3.8) is 0 Å². The molecule has 4 rings (SSSR count). The fourth-order valence-corrected chi connectivity index (χ4v) is 6.15. The fraction of sp³-hybridized carbons (Fsp3) is 0.250. The Labute approximate surface area is 372 Å². The van der Waals surface area contributed by atoms with Gasteiger partial charge < -0.3 is 20.8 Å². The molecule has 0 atom stereocenters. The highest BCUT2D eigenvalue weighted by Gasteiger charge is 2.73. The summed E-state index contributed by atoms with van der Waals surface area (Å²) >= 11 is 15.6. The smallest absolute Gasteiger partial charge is 0.388 e. The highest BCUT2D eigenvalue weighted by Crippen LogP contribution is 2.54. The van der Waals surface area contributed by atoms with Gasteiger partial charge in [0.1, 0.15) is 0 Å². The first-order valence-electron chi connectivity index (χ1n) is 17.4. The minimum atomic E-state index is -6.53. The van der Waals surface area contributed by atoms with Crippen molar-refractivity contribution in [3.05, 3.63) is 128 Å². The number of hydrogen-bond donors (Lipinski definition) is 4. The number of amides is 1. The van der Waals surface area contributed by atoms with E-state index in [0.717, 1.165) is 51.2 Å². The average Bonchev–Trinajstić information content (AvgIpc) is 3.18. The molecule has 0 aliphatic carbocycles. The highest BCUT2D eigenvalue weighted by atomic mass is 35.5. The summed E-state index contributed by atoms with van der Waals surface area (Å²) in [7, 11) is 0.914. The van der Waals surface area contributed by atoms with Gasteiger partial charge in [0.25, 0.3) is 32.8 Å². The van der Waals surface area contributed by atoms with E-state index < -0.39 is 115 Å². The van der Waals surface area contributed by atoms with Crippen LogP contribution in [-0.2, 0) is 17.6 Å². The van der Waals surface area contributed by atoms with E-state index in [1.807, 2.05) is 5.32 Å². The standard InChI is InChI=1S/C31H24F12N2O5.C9H3Cl3O3/c1-14(46)18-11-19(15(2)47)13-20(12-18)25(48)45-24-7-5-17(10-22(24)27(50,30(38,39)40)31(41,42)43)8-16-4-6-23(44-3)21(9-16)26(49,28(32,33)34)29(35,36)37;10-7(13)4-1-5(8(11)14)3-6(2-4)9(12)15/h4-7,9-13,44,49-50H,8H2,1-3H3,(H,45,48);1-3H. The molecule has 65 heavy (non-hydrogen) atoms. The highest BCUT2D eigenvalue weighted by molar-refractivity contribution is 6.70. The predicted molar refractivity (Wildman–Crippen MR) is 209 cm³/mol. The van der Waals surface area contributed by atoms with Gasteiger partial charge in [-0.2, -0.15) is 52.7 Å². The van der Waals surface area contributed by atoms with E-state index in [0.29, 0.717) is 12.1 Å². The Morgan fingerprint density at radius 1 is 0.477 bits per heavy atom. The van der Waals surface area contributed by atoms with Crippen LogP contribution in [-0.4, -0.2) is 75.2 Å². The maximum Gasteiger partial charge on any atom is 0.430 e. The zero-order valence-corrected chi connectivity index (χ0v) is 34.9. The molecule has 0 bridgehead atoms. The van der Waals surface area contributed by atoms with Crippen molar-refractivity contribution < 1.29 is 91.7 Å². The molecule has 0 saturated heterocycles. The minimum absolute atomic E-state index is 0.00725. The lowest BCUT2D eigenvalue weighted by atomic mass is 9.86. The number of aliphatic hydroxyl groups is 2. The van der Waals surface area contributed by atoms with Crippen LogP contribution in [0.4, 0.5) is 64.1 Å². The molecule has 350 valence electrons. The second-order valence-electron chi connectivity index (χ2n) is 13.6. The molecule has 0 unspecified atom stereocenters. The van der Waals surface area contributed by atoms with Gasteiger partial charge in [0.05, 0.1) is 0 Å². The Balaban J connectivity index is 0.000000631. The molecule has 0 aliphatic rings. The maximum atomic E-state index is 14.1. The van der Waals surface area contributed by atoms with E-state index in [-0.39, 0.29) is 39.9 Å². The number of halogens is 15. The molecule has 0 heterocycles. The topological polar surface area (TPSA) is 167 Å². The normalized spacial score (nSPS) is 12.4. The van der Waals surface area contributed by atoms with E-state index in [1.54, 1.807) is 5.32 Å². The molecular weight excluding hydrogens is 971 g/mol. The fourth-order valence-electron chi connectivity index (χ4n) is 5.82. The van der Waals surface area contributed by atoms with Crippen molar-refractivity contribution in [3.8, 4) is 0 Å². The van der Waals surface area contributed by atoms with Crippen molar-refractivity contribution in [1.82, 2.24) is 0 Å². The number of carbonyl (C=O) groups excluding carboxylic acids is 6. The van der Waals surface area contributed by atoms with Gasteiger partial charge in [0.15, 0.2) is 11.6 Å². The van der Waals surface area contributed by atoms with E-state index in [4.69, 9.17) is 34.8 Å². The van der Waals surface area contributed by atoms with Gasteiger partial charge >= 0.3 is 24.7 Å². The lowest BCUT2D eigenvalue weighted by Crippen LogP contribution is -2.54. The van der Waals surface area contributed by atoms with Crippen LogP contribution in [0.25, 0.3) is 0 Å². The Kier molecular flexibility index (Phi) is 16.1. The predicted octanol–water partition coefficient (Wildman–Crippen LogP) is 10.4. The third-order valence-corrected chi connectivity index (χ3v) is 9.79. The van der Waals surface area contributed by atoms with Crippen LogP contribution in [0, 0.1) is 0 Å². The lowest BCUT2D eigenvalue weighted by molar-refractivity contribution is -0.376. The van der Waals surface area contributed by atoms with Crippen LogP contribution in [0.1, 0.15) is 98.2 Å². The zero-order valence-electron chi connectivity index (χ0n) is 32.6. The number of rotatable bonds is 12. The molecule has 0 fully saturated rings. The molecule has 4 aromatic carbocycles. The van der Waals surface area contributed by atoms with Crippen molar-refractivity contribution >= 4 is 79.4 Å². The van der Waals surface area contributed by atoms with Crippen LogP contribution in [0.2, 0.25) is 0 Å². The van der Waals surface area contributed by atoms with Gasteiger partial charge in [-0.3, -0.25) is 28.8 Å². The summed E-state index contributed by atoms with van der Waals surface area (Å²) in [6, 6.07) is 9.40. The first-order valence-corrected chi connectivity index (χ1v) is 18.5. The van der Waals surface area contributed by atoms with Crippen molar-refractivity contribution in [2.75, 3.05) is 17.7 Å². The Morgan fingerprint density at radius 3 is 1.06 bits per heavy atom. The third-order valence-electron chi connectivity index (χ3n) is 9.14. The number of ketones is 2. The second-order valence-corrected chi connectivity index (χ2v) is 14.6. The van der Waals surface area contributed by atoms with E-state index in [2.05, 4.69) is 0 Å². The quantitative estimate of drug-likeness (QED) is 0.0614. The summed E-state index contributed by atoms with van der Waals surface area (Å²) in [5.41, 5.74) is -19.5. The zero-order chi connectivity index (χ0) is 50.0. The van der Waals surface area contributed by atoms with Crippen LogP contribution in [0.15, 0.2) is 72.8 Å². The number of nitrogens with one attached hydrogen (secondary N) is 2. The van der Waals surface area contributed by atoms with Crippen LogP contribution in [0.3, 0.4) is 0 Å². The number of benzene rings is 4. The van der Waals surface area contributed by atoms with Crippen molar-refractivity contribution in [1.29, 1.82) is 0 Å². The Bertz CT molecular complexity index is 2420. The van der Waals surface area contributed by atoms with E-state index in [9.17, 15) is 91.7 Å². The molecule has 0 saturated carbocycles. The summed E-state index contributed by atoms with van der Waals surface area (Å²) in [5, 5.41) is 21.6. The molecule has 0 radical (unpaired) electrons. The first-order chi connectivity index (χ1) is 29.5. The maximum absolute atomic E-state index is 14.1. The SMILES string of the molecule is CNc1ccc(Cc2ccc(NC(=O)c3cc(C(C)=O)cc(C(C)=O)c3)c(C(O)(C(F)(F)F)C(F)(F)F)c2)cc1C(O)(C(F)(F)F)C(F)(F)F.O=C(Cl)c1cc(C(=O)Cl)cc(C(=O)Cl)c1. The Morgan fingerprint density at radius 2 is 0.769 bits per heavy atom. The molecule has 0 aromatic heterocycles.